The summed E-state index contributed by atoms with van der Waals surface area (Å²) in [5.74, 6) is -1.06. The van der Waals surface area contributed by atoms with Gasteiger partial charge in [-0.15, -0.1) is 0 Å². The zero-order valence-corrected chi connectivity index (χ0v) is 7.63. The number of aromatic carboxylic acids is 1. The molecule has 0 bridgehead atoms. The highest BCUT2D eigenvalue weighted by Gasteiger charge is 2.09. The van der Waals surface area contributed by atoms with Crippen LogP contribution in [0.15, 0.2) is 16.6 Å². The molecule has 0 aliphatic rings. The number of carboxylic acid groups (broad SMARTS) is 1. The number of nitrogen functional groups attached to an aromatic ring is 2. The molecule has 5 heteroatoms. The van der Waals surface area contributed by atoms with Gasteiger partial charge in [0, 0.05) is 15.8 Å². The summed E-state index contributed by atoms with van der Waals surface area (Å²) in [5.41, 5.74) is 11.5. The second-order valence-electron chi connectivity index (χ2n) is 2.27. The molecule has 0 atom stereocenters. The molecular weight excluding hydrogens is 224 g/mol. The van der Waals surface area contributed by atoms with Gasteiger partial charge in [0.1, 0.15) is 0 Å². The van der Waals surface area contributed by atoms with Crippen molar-refractivity contribution in [3.8, 4) is 0 Å². The molecule has 64 valence electrons. The van der Waals surface area contributed by atoms with Crippen LogP contribution in [-0.2, 0) is 0 Å². The van der Waals surface area contributed by atoms with Crippen LogP contribution in [0, 0.1) is 0 Å². The molecule has 0 aliphatic heterocycles. The number of hydrogen-bond donors (Lipinski definition) is 3. The van der Waals surface area contributed by atoms with E-state index in [9.17, 15) is 4.79 Å². The third-order valence-electron chi connectivity index (χ3n) is 1.40. The van der Waals surface area contributed by atoms with E-state index >= 15 is 0 Å². The average molecular weight is 231 g/mol. The number of carbonyl (C=O) groups is 1. The van der Waals surface area contributed by atoms with E-state index in [1.54, 1.807) is 0 Å². The lowest BCUT2D eigenvalue weighted by atomic mass is 10.1. The predicted molar refractivity (Wildman–Crippen MR) is 49.9 cm³/mol. The van der Waals surface area contributed by atoms with Crippen molar-refractivity contribution in [3.63, 3.8) is 0 Å². The number of benzene rings is 1. The van der Waals surface area contributed by atoms with Crippen LogP contribution in [0.25, 0.3) is 0 Å². The standard InChI is InChI=1S/C7H7BrN2O2/c8-4-1-3(7(11)12)5(9)2-6(4)10/h1-2H,9-10H2,(H,11,12). The van der Waals surface area contributed by atoms with Crippen LogP contribution in [0.2, 0.25) is 0 Å². The highest BCUT2D eigenvalue weighted by molar-refractivity contribution is 9.10. The number of rotatable bonds is 1. The van der Waals surface area contributed by atoms with Gasteiger partial charge in [0.15, 0.2) is 0 Å². The van der Waals surface area contributed by atoms with Crippen molar-refractivity contribution in [2.24, 2.45) is 0 Å². The minimum absolute atomic E-state index is 0.0519. The number of carboxylic acids is 1. The molecule has 0 saturated carbocycles. The Hall–Kier alpha value is -1.23. The minimum atomic E-state index is -1.06. The Morgan fingerprint density at radius 1 is 1.33 bits per heavy atom. The second-order valence-corrected chi connectivity index (χ2v) is 3.12. The highest BCUT2D eigenvalue weighted by atomic mass is 79.9. The summed E-state index contributed by atoms with van der Waals surface area (Å²) in [6, 6.07) is 2.79. The SMILES string of the molecule is Nc1cc(N)c(C(=O)O)cc1Br. The first-order valence-electron chi connectivity index (χ1n) is 3.10. The molecule has 1 aromatic rings. The molecule has 0 fully saturated rings. The van der Waals surface area contributed by atoms with Crippen molar-refractivity contribution in [2.75, 3.05) is 11.5 Å². The molecule has 0 amide bonds. The lowest BCUT2D eigenvalue weighted by Gasteiger charge is -2.03. The molecule has 0 saturated heterocycles. The maximum atomic E-state index is 10.5. The minimum Gasteiger partial charge on any atom is -0.478 e. The predicted octanol–water partition coefficient (Wildman–Crippen LogP) is 1.31. The van der Waals surface area contributed by atoms with Crippen molar-refractivity contribution in [1.82, 2.24) is 0 Å². The Balaban J connectivity index is 3.33. The van der Waals surface area contributed by atoms with Gasteiger partial charge in [-0.2, -0.15) is 0 Å². The Labute approximate surface area is 77.3 Å². The van der Waals surface area contributed by atoms with Gasteiger partial charge in [0.2, 0.25) is 0 Å². The van der Waals surface area contributed by atoms with Gasteiger partial charge < -0.3 is 16.6 Å². The molecular formula is C7H7BrN2O2. The maximum Gasteiger partial charge on any atom is 0.337 e. The fraction of sp³-hybridized carbons (Fsp3) is 0. The van der Waals surface area contributed by atoms with Crippen LogP contribution in [0.1, 0.15) is 10.4 Å². The van der Waals surface area contributed by atoms with Gasteiger partial charge in [-0.1, -0.05) is 0 Å². The number of hydrogen-bond acceptors (Lipinski definition) is 3. The van der Waals surface area contributed by atoms with E-state index < -0.39 is 5.97 Å². The molecule has 1 aromatic carbocycles. The van der Waals surface area contributed by atoms with Crippen molar-refractivity contribution in [3.05, 3.63) is 22.2 Å². The van der Waals surface area contributed by atoms with Crippen LogP contribution < -0.4 is 11.5 Å². The Morgan fingerprint density at radius 2 is 1.92 bits per heavy atom. The molecule has 0 radical (unpaired) electrons. The van der Waals surface area contributed by atoms with Gasteiger partial charge in [-0.3, -0.25) is 0 Å². The summed E-state index contributed by atoms with van der Waals surface area (Å²) in [5, 5.41) is 8.64. The number of anilines is 2. The molecule has 0 heterocycles. The normalized spacial score (nSPS) is 9.75. The van der Waals surface area contributed by atoms with Crippen LogP contribution in [0.3, 0.4) is 0 Å². The summed E-state index contributed by atoms with van der Waals surface area (Å²) in [6.45, 7) is 0. The monoisotopic (exact) mass is 230 g/mol. The maximum absolute atomic E-state index is 10.5. The molecule has 0 unspecified atom stereocenters. The van der Waals surface area contributed by atoms with Gasteiger partial charge >= 0.3 is 5.97 Å². The molecule has 5 N–H and O–H groups in total. The summed E-state index contributed by atoms with van der Waals surface area (Å²) in [7, 11) is 0. The Bertz CT molecular complexity index is 338. The van der Waals surface area contributed by atoms with E-state index in [1.165, 1.54) is 12.1 Å². The van der Waals surface area contributed by atoms with Crippen molar-refractivity contribution in [2.45, 2.75) is 0 Å². The van der Waals surface area contributed by atoms with E-state index in [0.29, 0.717) is 10.2 Å². The summed E-state index contributed by atoms with van der Waals surface area (Å²) in [4.78, 5) is 10.5. The first-order chi connectivity index (χ1) is 5.52. The van der Waals surface area contributed by atoms with E-state index in [1.807, 2.05) is 0 Å². The molecule has 12 heavy (non-hydrogen) atoms. The molecule has 0 aliphatic carbocycles. The van der Waals surface area contributed by atoms with Crippen LogP contribution in [0.4, 0.5) is 11.4 Å². The van der Waals surface area contributed by atoms with Gasteiger partial charge in [0.05, 0.1) is 5.56 Å². The Kier molecular flexibility index (Phi) is 2.23. The first-order valence-corrected chi connectivity index (χ1v) is 3.89. The second kappa shape index (κ2) is 3.02. The quantitative estimate of drug-likeness (QED) is 0.635. The van der Waals surface area contributed by atoms with E-state index in [4.69, 9.17) is 16.6 Å². The zero-order chi connectivity index (χ0) is 9.30. The summed E-state index contributed by atoms with van der Waals surface area (Å²) >= 11 is 3.10. The lowest BCUT2D eigenvalue weighted by molar-refractivity contribution is 0.0698. The van der Waals surface area contributed by atoms with Crippen LogP contribution in [0.5, 0.6) is 0 Å². The first kappa shape index (κ1) is 8.86. The smallest absolute Gasteiger partial charge is 0.337 e. The van der Waals surface area contributed by atoms with Crippen molar-refractivity contribution < 1.29 is 9.90 Å². The summed E-state index contributed by atoms with van der Waals surface area (Å²) < 4.78 is 0.536. The van der Waals surface area contributed by atoms with Crippen molar-refractivity contribution >= 4 is 33.3 Å². The van der Waals surface area contributed by atoms with Crippen molar-refractivity contribution in [1.29, 1.82) is 0 Å². The molecule has 1 rings (SSSR count). The highest BCUT2D eigenvalue weighted by Crippen LogP contribution is 2.25. The van der Waals surface area contributed by atoms with E-state index in [2.05, 4.69) is 15.9 Å². The fourth-order valence-electron chi connectivity index (χ4n) is 0.793. The lowest BCUT2D eigenvalue weighted by Crippen LogP contribution is -2.03. The topological polar surface area (TPSA) is 89.3 Å². The Morgan fingerprint density at radius 3 is 2.42 bits per heavy atom. The van der Waals surface area contributed by atoms with Crippen LogP contribution >= 0.6 is 15.9 Å². The van der Waals surface area contributed by atoms with Gasteiger partial charge in [-0.25, -0.2) is 4.79 Å². The van der Waals surface area contributed by atoms with E-state index in [-0.39, 0.29) is 11.3 Å². The van der Waals surface area contributed by atoms with Gasteiger partial charge in [-0.05, 0) is 28.1 Å². The third kappa shape index (κ3) is 1.50. The third-order valence-corrected chi connectivity index (χ3v) is 2.09. The number of nitrogens with two attached hydrogens (primary N) is 2. The van der Waals surface area contributed by atoms with Gasteiger partial charge in [0.25, 0.3) is 0 Å². The molecule has 0 spiro atoms. The fourth-order valence-corrected chi connectivity index (χ4v) is 1.14. The molecule has 0 aromatic heterocycles. The van der Waals surface area contributed by atoms with Crippen LogP contribution in [-0.4, -0.2) is 11.1 Å². The largest absolute Gasteiger partial charge is 0.478 e. The average Bonchev–Trinajstić information content (AvgIpc) is 1.96. The molecule has 4 nitrogen and oxygen atoms in total. The number of halogens is 1. The zero-order valence-electron chi connectivity index (χ0n) is 6.04. The van der Waals surface area contributed by atoms with E-state index in [0.717, 1.165) is 0 Å². The summed E-state index contributed by atoms with van der Waals surface area (Å²) in [6.07, 6.45) is 0.